The van der Waals surface area contributed by atoms with Gasteiger partial charge in [0.2, 0.25) is 5.91 Å². The Morgan fingerprint density at radius 3 is 2.91 bits per heavy atom. The lowest BCUT2D eigenvalue weighted by molar-refractivity contribution is -0.131. The summed E-state index contributed by atoms with van der Waals surface area (Å²) in [5.74, 6) is 1.62. The zero-order valence-corrected chi connectivity index (χ0v) is 12.6. The molecule has 1 aromatic heterocycles. The van der Waals surface area contributed by atoms with Gasteiger partial charge in [0.1, 0.15) is 5.75 Å². The molecule has 0 saturated carbocycles. The molecule has 1 amide bonds. The maximum absolute atomic E-state index is 12.2. The zero-order chi connectivity index (χ0) is 15.4. The minimum absolute atomic E-state index is 0.0673. The van der Waals surface area contributed by atoms with Crippen molar-refractivity contribution in [2.24, 2.45) is 0 Å². The number of methoxy groups -OCH3 is 1. The van der Waals surface area contributed by atoms with E-state index in [-0.39, 0.29) is 12.3 Å². The Morgan fingerprint density at radius 2 is 2.14 bits per heavy atom. The largest absolute Gasteiger partial charge is 0.497 e. The van der Waals surface area contributed by atoms with Crippen LogP contribution in [0.3, 0.4) is 0 Å². The average Bonchev–Trinajstić information content (AvgIpc) is 3.04. The van der Waals surface area contributed by atoms with E-state index >= 15 is 0 Å². The van der Waals surface area contributed by atoms with Gasteiger partial charge in [-0.25, -0.2) is 0 Å². The lowest BCUT2D eigenvalue weighted by Gasteiger charge is -2.26. The number of carbonyl (C=O) groups is 1. The molecule has 6 nitrogen and oxygen atoms in total. The first-order valence-corrected chi connectivity index (χ1v) is 7.51. The minimum Gasteiger partial charge on any atom is -0.497 e. The number of rotatable bonds is 4. The summed E-state index contributed by atoms with van der Waals surface area (Å²) in [6, 6.07) is 7.40. The van der Waals surface area contributed by atoms with Crippen LogP contribution in [0.5, 0.6) is 5.75 Å². The van der Waals surface area contributed by atoms with E-state index in [2.05, 4.69) is 10.1 Å². The molecule has 116 valence electrons. The van der Waals surface area contributed by atoms with Crippen LogP contribution in [-0.4, -0.2) is 41.1 Å². The molecule has 1 aliphatic heterocycles. The summed E-state index contributed by atoms with van der Waals surface area (Å²) in [5, 5.41) is 3.91. The molecule has 1 saturated heterocycles. The second-order valence-electron chi connectivity index (χ2n) is 5.37. The molecule has 2 heterocycles. The zero-order valence-electron chi connectivity index (χ0n) is 12.6. The summed E-state index contributed by atoms with van der Waals surface area (Å²) in [6.45, 7) is 1.67. The number of benzene rings is 1. The third-order valence-electron chi connectivity index (χ3n) is 3.80. The van der Waals surface area contributed by atoms with E-state index in [1.807, 2.05) is 29.2 Å². The number of carbonyl (C=O) groups excluding carboxylic acids is 1. The molecule has 1 aliphatic rings. The summed E-state index contributed by atoms with van der Waals surface area (Å²) in [7, 11) is 1.61. The fourth-order valence-electron chi connectivity index (χ4n) is 2.59. The van der Waals surface area contributed by atoms with Crippen LogP contribution in [0.2, 0.25) is 0 Å². The standard InChI is InChI=1S/C16H19N3O3/c1-21-13-7-5-6-12(10-13)16-17-14(18-22-16)11-15(20)19-8-3-2-4-9-19/h5-7,10H,2-4,8-9,11H2,1H3. The molecule has 2 aromatic rings. The fourth-order valence-corrected chi connectivity index (χ4v) is 2.59. The normalized spacial score (nSPS) is 14.9. The quantitative estimate of drug-likeness (QED) is 0.866. The summed E-state index contributed by atoms with van der Waals surface area (Å²) in [4.78, 5) is 18.4. The highest BCUT2D eigenvalue weighted by Crippen LogP contribution is 2.22. The number of hydrogen-bond acceptors (Lipinski definition) is 5. The molecular formula is C16H19N3O3. The topological polar surface area (TPSA) is 68.5 Å². The molecule has 0 atom stereocenters. The monoisotopic (exact) mass is 301 g/mol. The van der Waals surface area contributed by atoms with E-state index in [4.69, 9.17) is 9.26 Å². The van der Waals surface area contributed by atoms with E-state index in [0.29, 0.717) is 11.7 Å². The van der Waals surface area contributed by atoms with Crippen LogP contribution in [0.15, 0.2) is 28.8 Å². The Hall–Kier alpha value is -2.37. The number of likely N-dealkylation sites (tertiary alicyclic amines) is 1. The number of amides is 1. The van der Waals surface area contributed by atoms with Gasteiger partial charge in [-0.2, -0.15) is 4.98 Å². The lowest BCUT2D eigenvalue weighted by atomic mass is 10.1. The van der Waals surface area contributed by atoms with Crippen molar-refractivity contribution in [1.29, 1.82) is 0 Å². The first-order chi connectivity index (χ1) is 10.8. The highest BCUT2D eigenvalue weighted by molar-refractivity contribution is 5.78. The average molecular weight is 301 g/mol. The van der Waals surface area contributed by atoms with Crippen molar-refractivity contribution >= 4 is 5.91 Å². The Labute approximate surface area is 129 Å². The van der Waals surface area contributed by atoms with E-state index in [1.165, 1.54) is 6.42 Å². The Balaban J connectivity index is 1.69. The summed E-state index contributed by atoms with van der Waals surface area (Å²) >= 11 is 0. The molecule has 0 unspecified atom stereocenters. The minimum atomic E-state index is 0.0673. The van der Waals surface area contributed by atoms with Gasteiger partial charge in [0.15, 0.2) is 5.82 Å². The number of hydrogen-bond donors (Lipinski definition) is 0. The van der Waals surface area contributed by atoms with Crippen LogP contribution in [0.25, 0.3) is 11.5 Å². The van der Waals surface area contributed by atoms with Gasteiger partial charge in [-0.3, -0.25) is 4.79 Å². The van der Waals surface area contributed by atoms with Crippen molar-refractivity contribution in [2.45, 2.75) is 25.7 Å². The molecule has 0 aliphatic carbocycles. The van der Waals surface area contributed by atoms with Gasteiger partial charge in [0.05, 0.1) is 13.5 Å². The summed E-state index contributed by atoms with van der Waals surface area (Å²) < 4.78 is 10.4. The molecule has 0 bridgehead atoms. The molecular weight excluding hydrogens is 282 g/mol. The fraction of sp³-hybridized carbons (Fsp3) is 0.438. The smallest absolute Gasteiger partial charge is 0.258 e. The number of piperidine rings is 1. The molecule has 1 aromatic carbocycles. The van der Waals surface area contributed by atoms with Crippen LogP contribution in [0.1, 0.15) is 25.1 Å². The number of nitrogens with zero attached hydrogens (tertiary/aromatic N) is 3. The number of aromatic nitrogens is 2. The van der Waals surface area contributed by atoms with Crippen molar-refractivity contribution in [2.75, 3.05) is 20.2 Å². The van der Waals surface area contributed by atoms with E-state index in [1.54, 1.807) is 7.11 Å². The van der Waals surface area contributed by atoms with Gasteiger partial charge >= 0.3 is 0 Å². The van der Waals surface area contributed by atoms with Crippen molar-refractivity contribution in [1.82, 2.24) is 15.0 Å². The van der Waals surface area contributed by atoms with Crippen LogP contribution in [-0.2, 0) is 11.2 Å². The second kappa shape index (κ2) is 6.60. The van der Waals surface area contributed by atoms with Crippen molar-refractivity contribution in [3.8, 4) is 17.2 Å². The molecule has 0 radical (unpaired) electrons. The third-order valence-corrected chi connectivity index (χ3v) is 3.80. The van der Waals surface area contributed by atoms with Crippen LogP contribution >= 0.6 is 0 Å². The van der Waals surface area contributed by atoms with Crippen molar-refractivity contribution in [3.05, 3.63) is 30.1 Å². The summed E-state index contributed by atoms with van der Waals surface area (Å²) in [6.07, 6.45) is 3.54. The Morgan fingerprint density at radius 1 is 1.32 bits per heavy atom. The molecule has 22 heavy (non-hydrogen) atoms. The highest BCUT2D eigenvalue weighted by atomic mass is 16.5. The molecule has 6 heteroatoms. The summed E-state index contributed by atoms with van der Waals surface area (Å²) in [5.41, 5.74) is 0.781. The Kier molecular flexibility index (Phi) is 4.37. The number of ether oxygens (including phenoxy) is 1. The van der Waals surface area contributed by atoms with E-state index in [0.717, 1.165) is 37.2 Å². The lowest BCUT2D eigenvalue weighted by Crippen LogP contribution is -2.36. The second-order valence-corrected chi connectivity index (χ2v) is 5.37. The van der Waals surface area contributed by atoms with Gasteiger partial charge < -0.3 is 14.2 Å². The van der Waals surface area contributed by atoms with Gasteiger partial charge in [0.25, 0.3) is 5.89 Å². The van der Waals surface area contributed by atoms with Gasteiger partial charge in [0, 0.05) is 18.7 Å². The predicted octanol–water partition coefficient (Wildman–Crippen LogP) is 2.30. The van der Waals surface area contributed by atoms with Crippen LogP contribution in [0.4, 0.5) is 0 Å². The van der Waals surface area contributed by atoms with E-state index in [9.17, 15) is 4.79 Å². The molecule has 0 N–H and O–H groups in total. The predicted molar refractivity (Wildman–Crippen MR) is 80.4 cm³/mol. The van der Waals surface area contributed by atoms with E-state index < -0.39 is 0 Å². The third kappa shape index (κ3) is 3.27. The van der Waals surface area contributed by atoms with Crippen molar-refractivity contribution in [3.63, 3.8) is 0 Å². The molecule has 0 spiro atoms. The van der Waals surface area contributed by atoms with Crippen LogP contribution in [0, 0.1) is 0 Å². The maximum atomic E-state index is 12.2. The first kappa shape index (κ1) is 14.6. The van der Waals surface area contributed by atoms with Gasteiger partial charge in [-0.15, -0.1) is 0 Å². The molecule has 3 rings (SSSR count). The van der Waals surface area contributed by atoms with Gasteiger partial charge in [-0.1, -0.05) is 11.2 Å². The van der Waals surface area contributed by atoms with Crippen molar-refractivity contribution < 1.29 is 14.1 Å². The molecule has 1 fully saturated rings. The van der Waals surface area contributed by atoms with Crippen LogP contribution < -0.4 is 4.74 Å². The maximum Gasteiger partial charge on any atom is 0.258 e. The Bertz CT molecular complexity index is 648. The van der Waals surface area contributed by atoms with Gasteiger partial charge in [-0.05, 0) is 37.5 Å². The highest BCUT2D eigenvalue weighted by Gasteiger charge is 2.19. The first-order valence-electron chi connectivity index (χ1n) is 7.51. The SMILES string of the molecule is COc1cccc(-c2nc(CC(=O)N3CCCCC3)no2)c1.